The molecule has 0 bridgehead atoms. The van der Waals surface area contributed by atoms with Crippen molar-refractivity contribution in [3.63, 3.8) is 0 Å². The number of likely N-dealkylation sites (tertiary alicyclic amines) is 1. The lowest BCUT2D eigenvalue weighted by Gasteiger charge is -2.57. The Balaban J connectivity index is 1.56. The molecule has 23 heavy (non-hydrogen) atoms. The minimum absolute atomic E-state index is 0.0105. The zero-order valence-electron chi connectivity index (χ0n) is 12.7. The van der Waals surface area contributed by atoms with Crippen molar-refractivity contribution in [2.45, 2.75) is 24.4 Å². The molecule has 2 aliphatic rings. The summed E-state index contributed by atoms with van der Waals surface area (Å²) in [5.41, 5.74) is 3.08. The molecule has 3 atom stereocenters. The number of para-hydroxylation sites is 1. The van der Waals surface area contributed by atoms with Crippen LogP contribution in [0.3, 0.4) is 0 Å². The van der Waals surface area contributed by atoms with Gasteiger partial charge in [-0.3, -0.25) is 9.78 Å². The van der Waals surface area contributed by atoms with Crippen molar-refractivity contribution in [3.05, 3.63) is 59.9 Å². The Bertz CT molecular complexity index is 719. The van der Waals surface area contributed by atoms with Crippen LogP contribution >= 0.6 is 0 Å². The zero-order chi connectivity index (χ0) is 15.8. The van der Waals surface area contributed by atoms with Crippen LogP contribution in [0.4, 0.5) is 5.69 Å². The minimum atomic E-state index is -0.139. The van der Waals surface area contributed by atoms with Gasteiger partial charge in [-0.2, -0.15) is 0 Å². The van der Waals surface area contributed by atoms with E-state index in [-0.39, 0.29) is 36.9 Å². The van der Waals surface area contributed by atoms with Crippen LogP contribution in [0.5, 0.6) is 0 Å². The maximum absolute atomic E-state index is 12.7. The van der Waals surface area contributed by atoms with Crippen LogP contribution in [0.1, 0.15) is 17.2 Å². The van der Waals surface area contributed by atoms with Gasteiger partial charge in [0.25, 0.3) is 0 Å². The van der Waals surface area contributed by atoms with E-state index < -0.39 is 0 Å². The van der Waals surface area contributed by atoms with Gasteiger partial charge in [-0.25, -0.2) is 0 Å². The second-order valence-electron chi connectivity index (χ2n) is 6.11. The van der Waals surface area contributed by atoms with Gasteiger partial charge < -0.3 is 15.3 Å². The molecule has 2 N–H and O–H groups in total. The van der Waals surface area contributed by atoms with Gasteiger partial charge in [0.05, 0.1) is 25.1 Å². The minimum Gasteiger partial charge on any atom is -0.394 e. The molecular formula is C18H19N3O2. The summed E-state index contributed by atoms with van der Waals surface area (Å²) >= 11 is 0. The second-order valence-corrected chi connectivity index (χ2v) is 6.11. The fraction of sp³-hybridized carbons (Fsp3) is 0.333. The fourth-order valence-corrected chi connectivity index (χ4v) is 3.87. The van der Waals surface area contributed by atoms with Crippen molar-refractivity contribution in [2.24, 2.45) is 0 Å². The smallest absolute Gasteiger partial charge is 0.229 e. The number of aliphatic hydroxyl groups is 1. The summed E-state index contributed by atoms with van der Waals surface area (Å²) in [5.74, 6) is 0.246. The van der Waals surface area contributed by atoms with Gasteiger partial charge in [-0.05, 0) is 23.8 Å². The van der Waals surface area contributed by atoms with Crippen molar-refractivity contribution in [2.75, 3.05) is 18.5 Å². The van der Waals surface area contributed by atoms with Gasteiger partial charge in [0.15, 0.2) is 0 Å². The van der Waals surface area contributed by atoms with E-state index >= 15 is 0 Å². The van der Waals surface area contributed by atoms with E-state index in [1.54, 1.807) is 6.20 Å². The average molecular weight is 309 g/mol. The van der Waals surface area contributed by atoms with Crippen molar-refractivity contribution in [1.82, 2.24) is 9.88 Å². The number of carbonyl (C=O) groups is 1. The number of nitrogens with zero attached hydrogens (tertiary/aromatic N) is 2. The van der Waals surface area contributed by atoms with E-state index in [2.05, 4.69) is 22.4 Å². The number of anilines is 1. The van der Waals surface area contributed by atoms with E-state index in [1.807, 2.05) is 35.2 Å². The van der Waals surface area contributed by atoms with E-state index in [0.29, 0.717) is 0 Å². The molecule has 1 amide bonds. The third-order valence-electron chi connectivity index (χ3n) is 4.90. The fourth-order valence-electron chi connectivity index (χ4n) is 3.87. The lowest BCUT2D eigenvalue weighted by molar-refractivity contribution is -0.149. The molecule has 0 spiro atoms. The Labute approximate surface area is 135 Å². The normalized spacial score (nSPS) is 24.9. The van der Waals surface area contributed by atoms with E-state index in [4.69, 9.17) is 0 Å². The van der Waals surface area contributed by atoms with Crippen LogP contribution < -0.4 is 5.32 Å². The summed E-state index contributed by atoms with van der Waals surface area (Å²) in [7, 11) is 0. The number of hydrogen-bond acceptors (Lipinski definition) is 4. The summed E-state index contributed by atoms with van der Waals surface area (Å²) in [6.45, 7) is 0.718. The molecule has 5 heteroatoms. The number of rotatable bonds is 3. The maximum Gasteiger partial charge on any atom is 0.229 e. The number of amides is 1. The largest absolute Gasteiger partial charge is 0.394 e. The number of aromatic nitrogens is 1. The first-order chi connectivity index (χ1) is 11.3. The molecule has 0 aliphatic carbocycles. The predicted molar refractivity (Wildman–Crippen MR) is 87.1 cm³/mol. The molecule has 118 valence electrons. The Hall–Kier alpha value is -2.40. The van der Waals surface area contributed by atoms with E-state index in [9.17, 15) is 9.90 Å². The van der Waals surface area contributed by atoms with Crippen LogP contribution in [0.2, 0.25) is 0 Å². The van der Waals surface area contributed by atoms with Crippen LogP contribution in [-0.2, 0) is 11.2 Å². The number of aliphatic hydroxyl groups excluding tert-OH is 1. The SMILES string of the molecule is O=C(Cc1ccccn1)N1[C@H](CO)[C@@H]2c3ccccc3NC[C@@H]21. The number of pyridine rings is 1. The van der Waals surface area contributed by atoms with Crippen molar-refractivity contribution in [1.29, 1.82) is 0 Å². The molecule has 0 unspecified atom stereocenters. The molecule has 1 aromatic heterocycles. The summed E-state index contributed by atoms with van der Waals surface area (Å²) in [6, 6.07) is 13.7. The average Bonchev–Trinajstić information content (AvgIpc) is 2.56. The lowest BCUT2D eigenvalue weighted by atomic mass is 9.72. The molecule has 1 saturated heterocycles. The summed E-state index contributed by atoms with van der Waals surface area (Å²) in [6.07, 6.45) is 1.98. The lowest BCUT2D eigenvalue weighted by Crippen LogP contribution is -2.69. The highest BCUT2D eigenvalue weighted by Crippen LogP contribution is 2.46. The van der Waals surface area contributed by atoms with E-state index in [0.717, 1.165) is 17.9 Å². The van der Waals surface area contributed by atoms with E-state index in [1.165, 1.54) is 5.56 Å². The van der Waals surface area contributed by atoms with Gasteiger partial charge in [-0.15, -0.1) is 0 Å². The predicted octanol–water partition coefficient (Wildman–Crippen LogP) is 1.41. The number of hydrogen-bond donors (Lipinski definition) is 2. The molecule has 2 aliphatic heterocycles. The third kappa shape index (κ3) is 2.28. The van der Waals surface area contributed by atoms with Crippen LogP contribution in [0.15, 0.2) is 48.7 Å². The first-order valence-corrected chi connectivity index (χ1v) is 7.94. The number of benzene rings is 1. The van der Waals surface area contributed by atoms with Crippen LogP contribution in [-0.4, -0.2) is 46.1 Å². The third-order valence-corrected chi connectivity index (χ3v) is 4.90. The molecule has 0 saturated carbocycles. The van der Waals surface area contributed by atoms with Crippen molar-refractivity contribution in [3.8, 4) is 0 Å². The molecule has 2 aromatic rings. The number of carbonyl (C=O) groups excluding carboxylic acids is 1. The number of fused-ring (bicyclic) bond motifs is 3. The Morgan fingerprint density at radius 1 is 1.26 bits per heavy atom. The van der Waals surface area contributed by atoms with Gasteiger partial charge in [-0.1, -0.05) is 24.3 Å². The molecule has 1 aromatic carbocycles. The Morgan fingerprint density at radius 3 is 2.87 bits per heavy atom. The molecule has 1 fully saturated rings. The summed E-state index contributed by atoms with van der Waals surface area (Å²) in [5, 5.41) is 13.2. The monoisotopic (exact) mass is 309 g/mol. The topological polar surface area (TPSA) is 65.5 Å². The summed E-state index contributed by atoms with van der Waals surface area (Å²) in [4.78, 5) is 18.7. The first-order valence-electron chi connectivity index (χ1n) is 7.94. The Kier molecular flexibility index (Phi) is 3.50. The Morgan fingerprint density at radius 2 is 2.09 bits per heavy atom. The van der Waals surface area contributed by atoms with Gasteiger partial charge >= 0.3 is 0 Å². The van der Waals surface area contributed by atoms with Gasteiger partial charge in [0.2, 0.25) is 5.91 Å². The quantitative estimate of drug-likeness (QED) is 0.899. The molecule has 0 radical (unpaired) electrons. The maximum atomic E-state index is 12.7. The van der Waals surface area contributed by atoms with Crippen LogP contribution in [0, 0.1) is 0 Å². The highest BCUT2D eigenvalue weighted by atomic mass is 16.3. The number of nitrogens with one attached hydrogen (secondary N) is 1. The highest BCUT2D eigenvalue weighted by molar-refractivity contribution is 5.81. The van der Waals surface area contributed by atoms with Crippen molar-refractivity contribution >= 4 is 11.6 Å². The highest BCUT2D eigenvalue weighted by Gasteiger charge is 2.52. The van der Waals surface area contributed by atoms with Crippen LogP contribution in [0.25, 0.3) is 0 Å². The second kappa shape index (κ2) is 5.66. The molecule has 4 rings (SSSR count). The first kappa shape index (κ1) is 14.2. The zero-order valence-corrected chi connectivity index (χ0v) is 12.7. The molecule has 5 nitrogen and oxygen atoms in total. The molecule has 3 heterocycles. The van der Waals surface area contributed by atoms with Gasteiger partial charge in [0, 0.05) is 30.0 Å². The van der Waals surface area contributed by atoms with Crippen molar-refractivity contribution < 1.29 is 9.90 Å². The standard InChI is InChI=1S/C18H19N3O2/c22-11-16-18-13-6-1-2-7-14(13)20-10-15(18)21(16)17(23)9-12-5-3-4-8-19-12/h1-8,15-16,18,20,22H,9-11H2/t15-,16+,18+/m0/s1. The van der Waals surface area contributed by atoms with Gasteiger partial charge in [0.1, 0.15) is 0 Å². The molecular weight excluding hydrogens is 290 g/mol. The summed E-state index contributed by atoms with van der Waals surface area (Å²) < 4.78 is 0.